The fourth-order valence-corrected chi connectivity index (χ4v) is 1.43. The highest BCUT2D eigenvalue weighted by Gasteiger charge is 2.12. The van der Waals surface area contributed by atoms with Gasteiger partial charge in [0.25, 0.3) is 0 Å². The Kier molecular flexibility index (Phi) is 2.70. The van der Waals surface area contributed by atoms with Crippen molar-refractivity contribution in [3.05, 3.63) is 41.7 Å². The van der Waals surface area contributed by atoms with E-state index in [1.807, 2.05) is 30.3 Å². The van der Waals surface area contributed by atoms with Gasteiger partial charge in [-0.05, 0) is 5.56 Å². The van der Waals surface area contributed by atoms with E-state index in [0.29, 0.717) is 12.2 Å². The average molecular weight is 198 g/mol. The molecule has 0 aliphatic rings. The molecule has 1 aromatic heterocycles. The van der Waals surface area contributed by atoms with Crippen LogP contribution in [-0.4, -0.2) is 15.5 Å². The van der Waals surface area contributed by atoms with Crippen molar-refractivity contribution in [3.8, 4) is 6.07 Å². The lowest BCUT2D eigenvalue weighted by Crippen LogP contribution is -2.03. The van der Waals surface area contributed by atoms with Gasteiger partial charge >= 0.3 is 0 Å². The highest BCUT2D eigenvalue weighted by molar-refractivity contribution is 5.25. The quantitative estimate of drug-likeness (QED) is 0.731. The van der Waals surface area contributed by atoms with Gasteiger partial charge in [-0.25, -0.2) is 0 Å². The summed E-state index contributed by atoms with van der Waals surface area (Å²) in [5.74, 6) is 0.369. The predicted octanol–water partition coefficient (Wildman–Crippen LogP) is 0.874. The van der Waals surface area contributed by atoms with E-state index >= 15 is 0 Å². The molecule has 0 saturated heterocycles. The average Bonchev–Trinajstić information content (AvgIpc) is 2.80. The summed E-state index contributed by atoms with van der Waals surface area (Å²) in [4.78, 5) is 0. The molecule has 2 rings (SSSR count). The Morgan fingerprint density at radius 3 is 2.73 bits per heavy atom. The van der Waals surface area contributed by atoms with Crippen molar-refractivity contribution in [1.29, 1.82) is 5.26 Å². The topological polar surface area (TPSA) is 76.6 Å². The molecule has 2 aromatic rings. The van der Waals surface area contributed by atoms with Crippen LogP contribution in [-0.2, 0) is 0 Å². The third-order valence-corrected chi connectivity index (χ3v) is 2.14. The molecule has 0 N–H and O–H groups in total. The Morgan fingerprint density at radius 1 is 1.33 bits per heavy atom. The molecule has 1 atom stereocenters. The first-order valence-electron chi connectivity index (χ1n) is 4.52. The van der Waals surface area contributed by atoms with Crippen molar-refractivity contribution in [2.24, 2.45) is 0 Å². The molecule has 1 unspecified atom stereocenters. The zero-order valence-electron chi connectivity index (χ0n) is 7.91. The second-order valence-electron chi connectivity index (χ2n) is 3.06. The number of aromatic nitrogens is 4. The third-order valence-electron chi connectivity index (χ3n) is 2.14. The van der Waals surface area contributed by atoms with Crippen LogP contribution in [0.25, 0.3) is 0 Å². The third kappa shape index (κ3) is 1.99. The minimum absolute atomic E-state index is 0.133. The van der Waals surface area contributed by atoms with E-state index in [1.54, 1.807) is 0 Å². The van der Waals surface area contributed by atoms with E-state index < -0.39 is 0 Å². The lowest BCUT2D eigenvalue weighted by molar-refractivity contribution is 0.758. The van der Waals surface area contributed by atoms with E-state index in [2.05, 4.69) is 26.7 Å². The molecular weight excluding hydrogens is 190 g/mol. The van der Waals surface area contributed by atoms with Gasteiger partial charge in [-0.15, -0.1) is 0 Å². The standard InChI is InChI=1S/C10H8N5/c11-7-6-9(10-12-14-15-13-10)8-4-2-1-3-5-8/h1-5,9H,6H2/q-1. The zero-order chi connectivity index (χ0) is 10.5. The molecule has 0 spiro atoms. The number of nitrogens with zero attached hydrogens (tertiary/aromatic N) is 5. The van der Waals surface area contributed by atoms with E-state index in [4.69, 9.17) is 5.26 Å². The Bertz CT molecular complexity index is 442. The number of hydrogen-bond acceptors (Lipinski definition) is 4. The van der Waals surface area contributed by atoms with Gasteiger partial charge in [0.1, 0.15) is 0 Å². The van der Waals surface area contributed by atoms with Crippen LogP contribution in [0.2, 0.25) is 0 Å². The van der Waals surface area contributed by atoms with E-state index in [9.17, 15) is 0 Å². The first-order chi connectivity index (χ1) is 7.42. The van der Waals surface area contributed by atoms with Crippen LogP contribution >= 0.6 is 0 Å². The van der Waals surface area contributed by atoms with Crippen LogP contribution in [0.4, 0.5) is 0 Å². The summed E-state index contributed by atoms with van der Waals surface area (Å²) in [5, 5.41) is 23.2. The van der Waals surface area contributed by atoms with Crippen molar-refractivity contribution in [3.63, 3.8) is 0 Å². The van der Waals surface area contributed by atoms with Crippen LogP contribution in [0.1, 0.15) is 23.7 Å². The second kappa shape index (κ2) is 4.33. The molecule has 0 aliphatic carbocycles. The molecule has 1 aromatic carbocycles. The van der Waals surface area contributed by atoms with E-state index in [0.717, 1.165) is 5.56 Å². The van der Waals surface area contributed by atoms with Crippen LogP contribution in [0.15, 0.2) is 30.3 Å². The molecular formula is C10H8N5-. The van der Waals surface area contributed by atoms with Crippen molar-refractivity contribution in [2.75, 3.05) is 0 Å². The number of rotatable bonds is 3. The maximum absolute atomic E-state index is 8.75. The van der Waals surface area contributed by atoms with Gasteiger partial charge < -0.3 is 5.10 Å². The molecule has 0 aliphatic heterocycles. The number of tetrazole rings is 1. The Balaban J connectivity index is 2.33. The predicted molar refractivity (Wildman–Crippen MR) is 51.7 cm³/mol. The van der Waals surface area contributed by atoms with Gasteiger partial charge in [0, 0.05) is 18.2 Å². The maximum atomic E-state index is 8.75. The molecule has 74 valence electrons. The summed E-state index contributed by atoms with van der Waals surface area (Å²) in [6, 6.07) is 11.8. The summed E-state index contributed by atoms with van der Waals surface area (Å²) in [5.41, 5.74) is 1.01. The van der Waals surface area contributed by atoms with Gasteiger partial charge in [0.15, 0.2) is 0 Å². The lowest BCUT2D eigenvalue weighted by Gasteiger charge is -2.13. The monoisotopic (exact) mass is 198 g/mol. The van der Waals surface area contributed by atoms with Crippen LogP contribution < -0.4 is 5.10 Å². The van der Waals surface area contributed by atoms with Crippen LogP contribution in [0.3, 0.4) is 0 Å². The fraction of sp³-hybridized carbons (Fsp3) is 0.200. The van der Waals surface area contributed by atoms with Gasteiger partial charge in [-0.1, -0.05) is 30.3 Å². The molecule has 0 amide bonds. The van der Waals surface area contributed by atoms with E-state index in [-0.39, 0.29) is 5.92 Å². The minimum atomic E-state index is -0.133. The summed E-state index contributed by atoms with van der Waals surface area (Å²) in [6.07, 6.45) is 0.331. The fourth-order valence-electron chi connectivity index (χ4n) is 1.43. The van der Waals surface area contributed by atoms with Gasteiger partial charge in [0.2, 0.25) is 0 Å². The largest absolute Gasteiger partial charge is 0.335 e. The first kappa shape index (κ1) is 9.34. The van der Waals surface area contributed by atoms with Gasteiger partial charge in [-0.3, -0.25) is 10.3 Å². The molecule has 15 heavy (non-hydrogen) atoms. The normalized spacial score (nSPS) is 11.9. The van der Waals surface area contributed by atoms with Crippen molar-refractivity contribution in [2.45, 2.75) is 12.3 Å². The highest BCUT2D eigenvalue weighted by Crippen LogP contribution is 2.23. The smallest absolute Gasteiger partial charge is 0.0631 e. The first-order valence-corrected chi connectivity index (χ1v) is 4.52. The Morgan fingerprint density at radius 2 is 2.13 bits per heavy atom. The zero-order valence-corrected chi connectivity index (χ0v) is 7.91. The minimum Gasteiger partial charge on any atom is -0.335 e. The van der Waals surface area contributed by atoms with Gasteiger partial charge in [-0.2, -0.15) is 10.5 Å². The molecule has 5 nitrogen and oxygen atoms in total. The van der Waals surface area contributed by atoms with Crippen LogP contribution in [0.5, 0.6) is 0 Å². The van der Waals surface area contributed by atoms with Gasteiger partial charge in [0.05, 0.1) is 6.07 Å². The summed E-state index contributed by atoms with van der Waals surface area (Å²) < 4.78 is 0. The summed E-state index contributed by atoms with van der Waals surface area (Å²) >= 11 is 0. The molecule has 5 heteroatoms. The number of hydrogen-bond donors (Lipinski definition) is 0. The number of nitriles is 1. The Hall–Kier alpha value is -2.22. The Labute approximate surface area is 86.7 Å². The lowest BCUT2D eigenvalue weighted by atomic mass is 9.96. The highest BCUT2D eigenvalue weighted by atomic mass is 15.5. The molecule has 0 bridgehead atoms. The van der Waals surface area contributed by atoms with Crippen molar-refractivity contribution in [1.82, 2.24) is 20.6 Å². The van der Waals surface area contributed by atoms with Crippen molar-refractivity contribution < 1.29 is 0 Å². The van der Waals surface area contributed by atoms with Crippen molar-refractivity contribution >= 4 is 0 Å². The molecule has 1 heterocycles. The molecule has 0 radical (unpaired) electrons. The van der Waals surface area contributed by atoms with Crippen LogP contribution in [0, 0.1) is 11.3 Å². The second-order valence-corrected chi connectivity index (χ2v) is 3.06. The molecule has 0 saturated carbocycles. The summed E-state index contributed by atoms with van der Waals surface area (Å²) in [6.45, 7) is 0. The van der Waals surface area contributed by atoms with E-state index in [1.165, 1.54) is 0 Å². The summed E-state index contributed by atoms with van der Waals surface area (Å²) in [7, 11) is 0. The molecule has 0 fully saturated rings. The SMILES string of the molecule is N#CCC(c1ccccc1)c1nnn[n-]1. The maximum Gasteiger partial charge on any atom is 0.0631 e. The number of benzene rings is 1.